The van der Waals surface area contributed by atoms with Gasteiger partial charge in [0.25, 0.3) is 0 Å². The summed E-state index contributed by atoms with van der Waals surface area (Å²) in [4.78, 5) is 8.90. The Morgan fingerprint density at radius 3 is 2.08 bits per heavy atom. The standard InChI is InChI=1S/C15H16F3N.C2HF3O2/c16-15(17,18)13-3-1-11(2-4-13)12-5-6-14(9-12)7-8-19-10-14;3-2(4,5)1(6)7/h1-5,19H,6-10H2;(H,6,7). The van der Waals surface area contributed by atoms with Gasteiger partial charge in [0.05, 0.1) is 5.56 Å². The molecular weight excluding hydrogens is 364 g/mol. The largest absolute Gasteiger partial charge is 0.490 e. The number of hydrogen-bond acceptors (Lipinski definition) is 2. The Labute approximate surface area is 145 Å². The number of allylic oxidation sites excluding steroid dienone is 2. The summed E-state index contributed by atoms with van der Waals surface area (Å²) in [7, 11) is 0. The van der Waals surface area contributed by atoms with Gasteiger partial charge < -0.3 is 10.4 Å². The van der Waals surface area contributed by atoms with Crippen molar-refractivity contribution in [2.24, 2.45) is 5.41 Å². The van der Waals surface area contributed by atoms with Crippen LogP contribution >= 0.6 is 0 Å². The summed E-state index contributed by atoms with van der Waals surface area (Å²) in [5.74, 6) is -2.76. The SMILES string of the molecule is FC(F)(F)c1ccc(C2=CCC3(CCNC3)C2)cc1.O=C(O)C(F)(F)F. The van der Waals surface area contributed by atoms with Crippen LogP contribution in [0.2, 0.25) is 0 Å². The third-order valence-electron chi connectivity index (χ3n) is 4.50. The van der Waals surface area contributed by atoms with Crippen molar-refractivity contribution in [1.82, 2.24) is 5.32 Å². The molecule has 0 bridgehead atoms. The molecule has 1 aliphatic heterocycles. The van der Waals surface area contributed by atoms with Gasteiger partial charge in [-0.15, -0.1) is 0 Å². The van der Waals surface area contributed by atoms with Crippen molar-refractivity contribution in [2.45, 2.75) is 31.6 Å². The third kappa shape index (κ3) is 5.00. The van der Waals surface area contributed by atoms with Crippen molar-refractivity contribution in [3.05, 3.63) is 41.5 Å². The highest BCUT2D eigenvalue weighted by molar-refractivity contribution is 5.73. The van der Waals surface area contributed by atoms with E-state index in [-0.39, 0.29) is 0 Å². The number of carboxylic acid groups (broad SMARTS) is 1. The van der Waals surface area contributed by atoms with E-state index in [1.165, 1.54) is 17.7 Å². The number of halogens is 6. The fourth-order valence-corrected chi connectivity index (χ4v) is 3.10. The maximum atomic E-state index is 12.5. The first-order valence-corrected chi connectivity index (χ1v) is 7.80. The van der Waals surface area contributed by atoms with Crippen molar-refractivity contribution in [3.8, 4) is 0 Å². The van der Waals surface area contributed by atoms with Gasteiger partial charge in [-0.05, 0) is 54.5 Å². The van der Waals surface area contributed by atoms with Crippen LogP contribution in [0.25, 0.3) is 5.57 Å². The topological polar surface area (TPSA) is 49.3 Å². The minimum Gasteiger partial charge on any atom is -0.475 e. The molecule has 0 radical (unpaired) electrons. The molecule has 1 fully saturated rings. The van der Waals surface area contributed by atoms with Gasteiger partial charge in [-0.2, -0.15) is 26.3 Å². The van der Waals surface area contributed by atoms with E-state index in [1.807, 2.05) is 0 Å². The van der Waals surface area contributed by atoms with Gasteiger partial charge in [0, 0.05) is 6.54 Å². The van der Waals surface area contributed by atoms with Crippen molar-refractivity contribution in [3.63, 3.8) is 0 Å². The summed E-state index contributed by atoms with van der Waals surface area (Å²) in [5, 5.41) is 10.5. The molecule has 3 rings (SSSR count). The fourth-order valence-electron chi connectivity index (χ4n) is 3.10. The molecule has 1 spiro atoms. The average Bonchev–Trinajstić information content (AvgIpc) is 3.17. The maximum absolute atomic E-state index is 12.5. The van der Waals surface area contributed by atoms with Crippen LogP contribution in [0.15, 0.2) is 30.3 Å². The van der Waals surface area contributed by atoms with Gasteiger partial charge in [0.1, 0.15) is 0 Å². The number of carbonyl (C=O) groups is 1. The van der Waals surface area contributed by atoms with Gasteiger partial charge in [-0.25, -0.2) is 4.79 Å². The second kappa shape index (κ2) is 7.30. The van der Waals surface area contributed by atoms with E-state index in [2.05, 4.69) is 11.4 Å². The number of carboxylic acids is 1. The number of hydrogen-bond donors (Lipinski definition) is 2. The molecule has 144 valence electrons. The summed E-state index contributed by atoms with van der Waals surface area (Å²) < 4.78 is 69.3. The first kappa shape index (κ1) is 20.3. The molecule has 1 unspecified atom stereocenters. The monoisotopic (exact) mass is 381 g/mol. The minimum absolute atomic E-state index is 0.317. The number of nitrogens with one attached hydrogen (secondary N) is 1. The number of benzene rings is 1. The van der Waals surface area contributed by atoms with E-state index >= 15 is 0 Å². The van der Waals surface area contributed by atoms with E-state index in [4.69, 9.17) is 9.90 Å². The lowest BCUT2D eigenvalue weighted by Crippen LogP contribution is -2.21. The van der Waals surface area contributed by atoms with Crippen LogP contribution < -0.4 is 5.32 Å². The maximum Gasteiger partial charge on any atom is 0.490 e. The zero-order valence-corrected chi connectivity index (χ0v) is 13.5. The predicted octanol–water partition coefficient (Wildman–Crippen LogP) is 4.50. The van der Waals surface area contributed by atoms with Crippen molar-refractivity contribution < 1.29 is 36.2 Å². The van der Waals surface area contributed by atoms with Gasteiger partial charge in [-0.3, -0.25) is 0 Å². The Morgan fingerprint density at radius 1 is 1.08 bits per heavy atom. The zero-order valence-electron chi connectivity index (χ0n) is 13.5. The first-order chi connectivity index (χ1) is 11.9. The summed E-state index contributed by atoms with van der Waals surface area (Å²) in [6.07, 6.45) is -3.97. The molecule has 0 saturated carbocycles. The Bertz CT molecular complexity index is 670. The van der Waals surface area contributed by atoms with Gasteiger partial charge in [-0.1, -0.05) is 18.2 Å². The summed E-state index contributed by atoms with van der Waals surface area (Å²) in [5.41, 5.74) is 1.86. The van der Waals surface area contributed by atoms with Gasteiger partial charge in [0.2, 0.25) is 0 Å². The first-order valence-electron chi connectivity index (χ1n) is 7.80. The van der Waals surface area contributed by atoms with Crippen molar-refractivity contribution >= 4 is 11.5 Å². The molecule has 1 aliphatic carbocycles. The minimum atomic E-state index is -5.08. The Hall–Kier alpha value is -2.03. The average molecular weight is 381 g/mol. The molecule has 1 atom stereocenters. The lowest BCUT2D eigenvalue weighted by atomic mass is 9.83. The van der Waals surface area contributed by atoms with Crippen LogP contribution in [0.3, 0.4) is 0 Å². The van der Waals surface area contributed by atoms with Crippen LogP contribution in [0.5, 0.6) is 0 Å². The molecule has 0 amide bonds. The molecular formula is C17H17F6NO2. The normalized spacial score (nSPS) is 22.8. The molecule has 1 saturated heterocycles. The lowest BCUT2D eigenvalue weighted by molar-refractivity contribution is -0.192. The summed E-state index contributed by atoms with van der Waals surface area (Å²) >= 11 is 0. The van der Waals surface area contributed by atoms with E-state index in [9.17, 15) is 26.3 Å². The number of rotatable bonds is 1. The van der Waals surface area contributed by atoms with Crippen LogP contribution in [0, 0.1) is 5.41 Å². The number of aliphatic carboxylic acids is 1. The van der Waals surface area contributed by atoms with E-state index in [0.717, 1.165) is 37.9 Å². The van der Waals surface area contributed by atoms with E-state index in [1.54, 1.807) is 12.1 Å². The van der Waals surface area contributed by atoms with Crippen LogP contribution in [-0.4, -0.2) is 30.3 Å². The van der Waals surface area contributed by atoms with Crippen molar-refractivity contribution in [2.75, 3.05) is 13.1 Å². The quantitative estimate of drug-likeness (QED) is 0.705. The van der Waals surface area contributed by atoms with E-state index < -0.39 is 23.9 Å². The smallest absolute Gasteiger partial charge is 0.475 e. The highest BCUT2D eigenvalue weighted by atomic mass is 19.4. The highest BCUT2D eigenvalue weighted by Gasteiger charge is 2.38. The molecule has 1 aromatic carbocycles. The second-order valence-electron chi connectivity index (χ2n) is 6.42. The Morgan fingerprint density at radius 2 is 1.65 bits per heavy atom. The van der Waals surface area contributed by atoms with Crippen LogP contribution in [-0.2, 0) is 11.0 Å². The van der Waals surface area contributed by atoms with Crippen LogP contribution in [0.1, 0.15) is 30.4 Å². The molecule has 26 heavy (non-hydrogen) atoms. The zero-order chi connectivity index (χ0) is 19.6. The van der Waals surface area contributed by atoms with Gasteiger partial charge in [0.15, 0.2) is 0 Å². The summed E-state index contributed by atoms with van der Waals surface area (Å²) in [6.45, 7) is 2.07. The summed E-state index contributed by atoms with van der Waals surface area (Å²) in [6, 6.07) is 5.54. The molecule has 1 aromatic rings. The third-order valence-corrected chi connectivity index (χ3v) is 4.50. The molecule has 2 aliphatic rings. The van der Waals surface area contributed by atoms with E-state index in [0.29, 0.717) is 5.41 Å². The number of alkyl halides is 6. The lowest BCUT2D eigenvalue weighted by Gasteiger charge is -2.21. The Balaban J connectivity index is 0.000000298. The van der Waals surface area contributed by atoms with Crippen LogP contribution in [0.4, 0.5) is 26.3 Å². The molecule has 9 heteroatoms. The second-order valence-corrected chi connectivity index (χ2v) is 6.42. The molecule has 3 nitrogen and oxygen atoms in total. The highest BCUT2D eigenvalue weighted by Crippen LogP contribution is 2.45. The van der Waals surface area contributed by atoms with Gasteiger partial charge >= 0.3 is 18.3 Å². The van der Waals surface area contributed by atoms with Crippen molar-refractivity contribution in [1.29, 1.82) is 0 Å². The fraction of sp³-hybridized carbons (Fsp3) is 0.471. The Kier molecular flexibility index (Phi) is 5.70. The molecule has 0 aromatic heterocycles. The molecule has 1 heterocycles. The molecule has 2 N–H and O–H groups in total. The predicted molar refractivity (Wildman–Crippen MR) is 82.3 cm³/mol.